The number of carbonyl (C=O) groups is 2. The van der Waals surface area contributed by atoms with Gasteiger partial charge in [-0.1, -0.05) is 13.8 Å². The molecular weight excluding hydrogens is 378 g/mol. The number of amides is 2. The molecule has 0 radical (unpaired) electrons. The summed E-state index contributed by atoms with van der Waals surface area (Å²) < 4.78 is 5.32. The van der Waals surface area contributed by atoms with Gasteiger partial charge >= 0.3 is 0 Å². The Bertz CT molecular complexity index is 676. The fourth-order valence-electron chi connectivity index (χ4n) is 2.72. The van der Waals surface area contributed by atoms with Crippen LogP contribution in [0.15, 0.2) is 18.2 Å². The average molecular weight is 409 g/mol. The molecule has 1 aliphatic heterocycles. The average Bonchev–Trinajstić information content (AvgIpc) is 2.93. The first kappa shape index (κ1) is 24.4. The molecule has 1 aliphatic rings. The van der Waals surface area contributed by atoms with Crippen molar-refractivity contribution in [2.45, 2.75) is 46.5 Å². The summed E-state index contributed by atoms with van der Waals surface area (Å²) in [5.41, 5.74) is 0.687. The molecular formula is C20H31N3O6. The molecule has 1 aromatic rings. The lowest BCUT2D eigenvalue weighted by molar-refractivity contribution is -0.757. The van der Waals surface area contributed by atoms with Crippen LogP contribution >= 0.6 is 0 Å². The van der Waals surface area contributed by atoms with Crippen molar-refractivity contribution in [2.24, 2.45) is 0 Å². The predicted octanol–water partition coefficient (Wildman–Crippen LogP) is 3.07. The quantitative estimate of drug-likeness (QED) is 0.244. The monoisotopic (exact) mass is 409 g/mol. The van der Waals surface area contributed by atoms with E-state index in [0.717, 1.165) is 4.90 Å². The molecule has 0 atom stereocenters. The van der Waals surface area contributed by atoms with Gasteiger partial charge in [0.1, 0.15) is 5.75 Å². The van der Waals surface area contributed by atoms with Crippen molar-refractivity contribution in [2.75, 3.05) is 32.8 Å². The van der Waals surface area contributed by atoms with E-state index < -0.39 is 5.09 Å². The second-order valence-electron chi connectivity index (χ2n) is 6.42. The third-order valence-electron chi connectivity index (χ3n) is 4.08. The van der Waals surface area contributed by atoms with E-state index in [1.807, 2.05) is 6.92 Å². The van der Waals surface area contributed by atoms with Crippen LogP contribution in [0.2, 0.25) is 0 Å². The molecule has 29 heavy (non-hydrogen) atoms. The third-order valence-corrected chi connectivity index (χ3v) is 4.08. The van der Waals surface area contributed by atoms with E-state index in [1.165, 1.54) is 25.9 Å². The minimum absolute atomic E-state index is 0.0509. The Hall–Kier alpha value is -2.68. The number of hydrogen-bond acceptors (Lipinski definition) is 7. The zero-order valence-corrected chi connectivity index (χ0v) is 17.4. The van der Waals surface area contributed by atoms with Gasteiger partial charge in [-0.05, 0) is 63.9 Å². The summed E-state index contributed by atoms with van der Waals surface area (Å²) in [6.07, 6.45) is 3.33. The SMILES string of the molecule is CCCNCCC.CCOc1ccc2c(c1)C(=O)N(CCCCO[N+](=O)[O-])C2=O. The van der Waals surface area contributed by atoms with Gasteiger partial charge in [0.25, 0.3) is 16.9 Å². The second-order valence-corrected chi connectivity index (χ2v) is 6.42. The van der Waals surface area contributed by atoms with E-state index in [-0.39, 0.29) is 25.0 Å². The first-order valence-corrected chi connectivity index (χ1v) is 10.1. The highest BCUT2D eigenvalue weighted by atomic mass is 16.9. The van der Waals surface area contributed by atoms with Crippen LogP contribution in [-0.4, -0.2) is 54.6 Å². The van der Waals surface area contributed by atoms with Crippen LogP contribution in [0.1, 0.15) is 67.2 Å². The van der Waals surface area contributed by atoms with Gasteiger partial charge in [0.05, 0.1) is 24.3 Å². The second kappa shape index (κ2) is 13.5. The zero-order valence-electron chi connectivity index (χ0n) is 17.4. The number of imide groups is 1. The van der Waals surface area contributed by atoms with Gasteiger partial charge in [-0.3, -0.25) is 14.5 Å². The molecule has 9 heteroatoms. The number of nitrogens with one attached hydrogen (secondary N) is 1. The molecule has 0 aromatic heterocycles. The van der Waals surface area contributed by atoms with Gasteiger partial charge in [-0.25, -0.2) is 0 Å². The summed E-state index contributed by atoms with van der Waals surface area (Å²) in [6.45, 7) is 9.18. The van der Waals surface area contributed by atoms with Crippen LogP contribution in [0, 0.1) is 10.1 Å². The maximum Gasteiger partial charge on any atom is 0.294 e. The molecule has 1 N–H and O–H groups in total. The van der Waals surface area contributed by atoms with E-state index in [4.69, 9.17) is 4.74 Å². The van der Waals surface area contributed by atoms with Crippen molar-refractivity contribution in [3.8, 4) is 5.75 Å². The van der Waals surface area contributed by atoms with Crippen molar-refractivity contribution >= 4 is 11.8 Å². The Morgan fingerprint density at radius 3 is 2.28 bits per heavy atom. The number of rotatable bonds is 12. The first-order valence-electron chi connectivity index (χ1n) is 10.1. The van der Waals surface area contributed by atoms with Crippen LogP contribution in [0.4, 0.5) is 0 Å². The molecule has 0 saturated carbocycles. The molecule has 1 aromatic carbocycles. The van der Waals surface area contributed by atoms with Crippen molar-refractivity contribution in [3.63, 3.8) is 0 Å². The molecule has 9 nitrogen and oxygen atoms in total. The molecule has 0 fully saturated rings. The van der Waals surface area contributed by atoms with Crippen molar-refractivity contribution < 1.29 is 24.3 Å². The van der Waals surface area contributed by atoms with E-state index in [9.17, 15) is 19.7 Å². The van der Waals surface area contributed by atoms with Crippen LogP contribution in [0.5, 0.6) is 5.75 Å². The van der Waals surface area contributed by atoms with Crippen molar-refractivity contribution in [3.05, 3.63) is 39.4 Å². The Morgan fingerprint density at radius 2 is 1.69 bits per heavy atom. The number of hydrogen-bond donors (Lipinski definition) is 1. The van der Waals surface area contributed by atoms with Crippen molar-refractivity contribution in [1.82, 2.24) is 10.2 Å². The van der Waals surface area contributed by atoms with E-state index in [1.54, 1.807) is 18.2 Å². The molecule has 2 amide bonds. The normalized spacial score (nSPS) is 12.3. The van der Waals surface area contributed by atoms with Crippen LogP contribution in [0.25, 0.3) is 0 Å². The lowest BCUT2D eigenvalue weighted by Gasteiger charge is -2.13. The molecule has 0 unspecified atom stereocenters. The molecule has 162 valence electrons. The van der Waals surface area contributed by atoms with Gasteiger partial charge in [0, 0.05) is 6.54 Å². The number of carbonyl (C=O) groups excluding carboxylic acids is 2. The summed E-state index contributed by atoms with van der Waals surface area (Å²) >= 11 is 0. The molecule has 0 aliphatic carbocycles. The van der Waals surface area contributed by atoms with Crippen LogP contribution in [-0.2, 0) is 4.84 Å². The standard InChI is InChI=1S/C14H16N2O6.C6H15N/c1-2-21-10-5-6-11-12(9-10)14(18)15(13(11)17)7-3-4-8-22-16(19)20;1-3-5-7-6-4-2/h5-6,9H,2-4,7-8H2,1H3;7H,3-6H2,1-2H3. The Balaban J connectivity index is 0.000000516. The van der Waals surface area contributed by atoms with E-state index >= 15 is 0 Å². The zero-order chi connectivity index (χ0) is 21.6. The van der Waals surface area contributed by atoms with Crippen LogP contribution < -0.4 is 10.1 Å². The molecule has 0 spiro atoms. The third kappa shape index (κ3) is 8.06. The topological polar surface area (TPSA) is 111 Å². The lowest BCUT2D eigenvalue weighted by Crippen LogP contribution is -2.30. The van der Waals surface area contributed by atoms with Crippen molar-refractivity contribution in [1.29, 1.82) is 0 Å². The molecule has 1 heterocycles. The fourth-order valence-corrected chi connectivity index (χ4v) is 2.72. The summed E-state index contributed by atoms with van der Waals surface area (Å²) in [7, 11) is 0. The highest BCUT2D eigenvalue weighted by Gasteiger charge is 2.35. The number of ether oxygens (including phenoxy) is 1. The molecule has 0 bridgehead atoms. The first-order chi connectivity index (χ1) is 14.0. The van der Waals surface area contributed by atoms with Crippen LogP contribution in [0.3, 0.4) is 0 Å². The smallest absolute Gasteiger partial charge is 0.294 e. The van der Waals surface area contributed by atoms with Gasteiger partial charge < -0.3 is 14.9 Å². The summed E-state index contributed by atoms with van der Waals surface area (Å²) in [5.74, 6) is -0.168. The summed E-state index contributed by atoms with van der Waals surface area (Å²) in [4.78, 5) is 39.8. The lowest BCUT2D eigenvalue weighted by atomic mass is 10.1. The van der Waals surface area contributed by atoms with Gasteiger partial charge in [0.15, 0.2) is 0 Å². The Kier molecular flexibility index (Phi) is 11.3. The Labute approximate surface area is 171 Å². The number of fused-ring (bicyclic) bond motifs is 1. The number of unbranched alkanes of at least 4 members (excludes halogenated alkanes) is 1. The highest BCUT2D eigenvalue weighted by Crippen LogP contribution is 2.27. The van der Waals surface area contributed by atoms with E-state index in [0.29, 0.717) is 36.3 Å². The van der Waals surface area contributed by atoms with Gasteiger partial charge in [0.2, 0.25) is 0 Å². The van der Waals surface area contributed by atoms with Gasteiger partial charge in [-0.15, -0.1) is 10.1 Å². The highest BCUT2D eigenvalue weighted by molar-refractivity contribution is 6.21. The Morgan fingerprint density at radius 1 is 1.03 bits per heavy atom. The summed E-state index contributed by atoms with van der Waals surface area (Å²) in [6, 6.07) is 4.80. The summed E-state index contributed by atoms with van der Waals surface area (Å²) in [5, 5.41) is 12.4. The number of benzene rings is 1. The maximum absolute atomic E-state index is 12.2. The molecule has 2 rings (SSSR count). The fraction of sp³-hybridized carbons (Fsp3) is 0.600. The minimum Gasteiger partial charge on any atom is -0.494 e. The largest absolute Gasteiger partial charge is 0.494 e. The number of nitrogens with zero attached hydrogens (tertiary/aromatic N) is 2. The minimum atomic E-state index is -0.864. The maximum atomic E-state index is 12.2. The molecule has 0 saturated heterocycles. The van der Waals surface area contributed by atoms with Gasteiger partial charge in [-0.2, -0.15) is 0 Å². The van der Waals surface area contributed by atoms with E-state index in [2.05, 4.69) is 24.0 Å². The predicted molar refractivity (Wildman–Crippen MR) is 109 cm³/mol.